The van der Waals surface area contributed by atoms with Gasteiger partial charge in [-0.3, -0.25) is 0 Å². The summed E-state index contributed by atoms with van der Waals surface area (Å²) in [6.07, 6.45) is 1.25. The molecule has 0 aliphatic heterocycles. The van der Waals surface area contributed by atoms with E-state index in [1.165, 1.54) is 17.5 Å². The fraction of sp³-hybridized carbons (Fsp3) is 0.625. The summed E-state index contributed by atoms with van der Waals surface area (Å²) < 4.78 is 0.0659. The minimum Gasteiger partial charge on any atom is -0.0656 e. The standard InChI is InChI=1S/C13H20S.C3H8/c1-12(2,3)10-6-8-11(9-7-10)13(4,5)14;1-3-2/h6-9,14H,1-5H3;3H2,1-2H3/p+1. The van der Waals surface area contributed by atoms with Crippen LogP contribution in [0.15, 0.2) is 24.3 Å². The highest BCUT2D eigenvalue weighted by atomic mass is 32.1. The molecule has 0 amide bonds. The first kappa shape index (κ1) is 16.6. The quantitative estimate of drug-likeness (QED) is 0.639. The summed E-state index contributed by atoms with van der Waals surface area (Å²) in [5, 5.41) is 0. The van der Waals surface area contributed by atoms with Crippen molar-refractivity contribution in [2.75, 3.05) is 0 Å². The molecule has 0 saturated carbocycles. The monoisotopic (exact) mass is 253 g/mol. The van der Waals surface area contributed by atoms with Crippen LogP contribution in [0.2, 0.25) is 0 Å². The van der Waals surface area contributed by atoms with Gasteiger partial charge in [-0.05, 0) is 37.5 Å². The number of rotatable bonds is 1. The fourth-order valence-electron chi connectivity index (χ4n) is 1.39. The van der Waals surface area contributed by atoms with E-state index in [9.17, 15) is 0 Å². The van der Waals surface area contributed by atoms with Crippen LogP contribution < -0.4 is 0 Å². The molecule has 1 heteroatoms. The van der Waals surface area contributed by atoms with E-state index >= 15 is 0 Å². The average molecular weight is 253 g/mol. The van der Waals surface area contributed by atoms with E-state index in [0.29, 0.717) is 0 Å². The van der Waals surface area contributed by atoms with Crippen molar-refractivity contribution in [2.24, 2.45) is 0 Å². The molecule has 0 aliphatic carbocycles. The Bertz CT molecular complexity index is 276. The third-order valence-electron chi connectivity index (χ3n) is 2.47. The van der Waals surface area contributed by atoms with E-state index < -0.39 is 0 Å². The molecule has 17 heavy (non-hydrogen) atoms. The Balaban J connectivity index is 0.000000770. The van der Waals surface area contributed by atoms with E-state index in [1.54, 1.807) is 0 Å². The van der Waals surface area contributed by atoms with E-state index in [0.717, 1.165) is 0 Å². The van der Waals surface area contributed by atoms with Crippen molar-refractivity contribution >= 4 is 12.6 Å². The van der Waals surface area contributed by atoms with Gasteiger partial charge in [0.1, 0.15) is 4.75 Å². The van der Waals surface area contributed by atoms with Crippen LogP contribution in [-0.2, 0) is 22.8 Å². The summed E-state index contributed by atoms with van der Waals surface area (Å²) >= 11 is 3.71. The molecule has 0 nitrogen and oxygen atoms in total. The molecule has 0 spiro atoms. The summed E-state index contributed by atoms with van der Waals surface area (Å²) in [5.41, 5.74) is 2.95. The van der Waals surface area contributed by atoms with Gasteiger partial charge in [0.2, 0.25) is 0 Å². The lowest BCUT2D eigenvalue weighted by molar-refractivity contribution is 0.589. The highest BCUT2D eigenvalue weighted by molar-refractivity contribution is 7.59. The van der Waals surface area contributed by atoms with Crippen molar-refractivity contribution in [3.8, 4) is 0 Å². The Kier molecular flexibility index (Phi) is 6.32. The highest BCUT2D eigenvalue weighted by Crippen LogP contribution is 2.26. The van der Waals surface area contributed by atoms with Crippen LogP contribution in [-0.4, -0.2) is 0 Å². The van der Waals surface area contributed by atoms with Crippen LogP contribution in [0.3, 0.4) is 0 Å². The van der Waals surface area contributed by atoms with Gasteiger partial charge in [-0.1, -0.05) is 65.3 Å². The molecule has 1 aromatic rings. The van der Waals surface area contributed by atoms with Gasteiger partial charge in [0.05, 0.1) is 0 Å². The minimum atomic E-state index is 0.0659. The second kappa shape index (κ2) is 6.49. The van der Waals surface area contributed by atoms with E-state index in [1.807, 2.05) is 0 Å². The first-order chi connectivity index (χ1) is 7.62. The minimum absolute atomic E-state index is 0.0659. The van der Waals surface area contributed by atoms with Gasteiger partial charge in [-0.25, -0.2) is 0 Å². The zero-order chi connectivity index (χ0) is 13.7. The van der Waals surface area contributed by atoms with Crippen LogP contribution in [0.4, 0.5) is 0 Å². The smallest absolute Gasteiger partial charge is 0.0656 e. The normalized spacial score (nSPS) is 11.8. The topological polar surface area (TPSA) is 0 Å². The molecule has 0 unspecified atom stereocenters. The fourth-order valence-corrected chi connectivity index (χ4v) is 1.55. The van der Waals surface area contributed by atoms with E-state index in [2.05, 4.69) is 85.4 Å². The lowest BCUT2D eigenvalue weighted by Gasteiger charge is -2.20. The van der Waals surface area contributed by atoms with Gasteiger partial charge in [0, 0.05) is 5.56 Å². The second-order valence-electron chi connectivity index (χ2n) is 6.16. The summed E-state index contributed by atoms with van der Waals surface area (Å²) in [7, 11) is 0. The zero-order valence-electron chi connectivity index (χ0n) is 12.5. The molecule has 0 heterocycles. The molecule has 0 N–H and O–H groups in total. The predicted molar refractivity (Wildman–Crippen MR) is 84.3 cm³/mol. The number of hydrogen-bond acceptors (Lipinski definition) is 0. The van der Waals surface area contributed by atoms with E-state index in [-0.39, 0.29) is 10.2 Å². The molecule has 1 rings (SSSR count). The summed E-state index contributed by atoms with van der Waals surface area (Å²) in [6, 6.07) is 8.84. The molecule has 0 aliphatic rings. The maximum absolute atomic E-state index is 3.71. The van der Waals surface area contributed by atoms with Crippen LogP contribution in [0, 0.1) is 0 Å². The Hall–Kier alpha value is -0.430. The van der Waals surface area contributed by atoms with Crippen LogP contribution in [0.25, 0.3) is 0 Å². The van der Waals surface area contributed by atoms with Crippen molar-refractivity contribution in [3.05, 3.63) is 35.4 Å². The van der Waals surface area contributed by atoms with Gasteiger partial charge < -0.3 is 0 Å². The van der Waals surface area contributed by atoms with Crippen LogP contribution in [0.1, 0.15) is 66.0 Å². The number of benzene rings is 1. The van der Waals surface area contributed by atoms with Gasteiger partial charge in [-0.2, -0.15) is 0 Å². The summed E-state index contributed by atoms with van der Waals surface area (Å²) in [6.45, 7) is 15.3. The first-order valence-electron chi connectivity index (χ1n) is 6.49. The average Bonchev–Trinajstić information content (AvgIpc) is 2.16. The molecule has 98 valence electrons. The van der Waals surface area contributed by atoms with Gasteiger partial charge in [0.25, 0.3) is 0 Å². The molecular formula is C16H29S+. The molecule has 0 radical (unpaired) electrons. The van der Waals surface area contributed by atoms with Crippen LogP contribution >= 0.6 is 0 Å². The number of hydrogen-bond donors (Lipinski definition) is 0. The first-order valence-corrected chi connectivity index (χ1v) is 6.99. The SMILES string of the molecule is CC(C)(C)c1ccc(C(C)(C)[SH2+])cc1.CCC. The second-order valence-corrected chi connectivity index (χ2v) is 7.41. The predicted octanol–water partition coefficient (Wildman–Crippen LogP) is 4.65. The van der Waals surface area contributed by atoms with Crippen molar-refractivity contribution in [2.45, 2.75) is 65.0 Å². The Morgan fingerprint density at radius 2 is 1.12 bits per heavy atom. The Morgan fingerprint density at radius 1 is 0.824 bits per heavy atom. The molecule has 0 aromatic heterocycles. The van der Waals surface area contributed by atoms with Gasteiger partial charge >= 0.3 is 0 Å². The largest absolute Gasteiger partial charge is 0.143 e. The Morgan fingerprint density at radius 3 is 1.35 bits per heavy atom. The van der Waals surface area contributed by atoms with Crippen molar-refractivity contribution in [3.63, 3.8) is 0 Å². The molecule has 0 bridgehead atoms. The van der Waals surface area contributed by atoms with Crippen molar-refractivity contribution < 1.29 is 0 Å². The van der Waals surface area contributed by atoms with Crippen molar-refractivity contribution in [1.82, 2.24) is 0 Å². The lowest BCUT2D eigenvalue weighted by atomic mass is 9.86. The van der Waals surface area contributed by atoms with Gasteiger partial charge in [-0.15, -0.1) is 0 Å². The molecule has 1 aromatic carbocycles. The lowest BCUT2D eigenvalue weighted by Crippen LogP contribution is -2.14. The molecule has 0 saturated heterocycles. The third-order valence-corrected chi connectivity index (χ3v) is 2.76. The maximum atomic E-state index is 3.71. The zero-order valence-corrected chi connectivity index (χ0v) is 13.5. The van der Waals surface area contributed by atoms with Crippen LogP contribution in [0.5, 0.6) is 0 Å². The summed E-state index contributed by atoms with van der Waals surface area (Å²) in [4.78, 5) is 0. The van der Waals surface area contributed by atoms with Gasteiger partial charge in [0.15, 0.2) is 0 Å². The third kappa shape index (κ3) is 6.16. The molecule has 0 fully saturated rings. The van der Waals surface area contributed by atoms with E-state index in [4.69, 9.17) is 0 Å². The highest BCUT2D eigenvalue weighted by Gasteiger charge is 2.22. The Labute approximate surface area is 113 Å². The summed E-state index contributed by atoms with van der Waals surface area (Å²) in [5.74, 6) is 0. The molecule has 0 atom stereocenters. The maximum Gasteiger partial charge on any atom is 0.143 e. The van der Waals surface area contributed by atoms with Crippen molar-refractivity contribution in [1.29, 1.82) is 0 Å². The molecular weight excluding hydrogens is 224 g/mol.